The van der Waals surface area contributed by atoms with E-state index in [1.165, 1.54) is 40.3 Å². The van der Waals surface area contributed by atoms with Crippen molar-refractivity contribution in [1.29, 1.82) is 5.41 Å². The summed E-state index contributed by atoms with van der Waals surface area (Å²) in [6, 6.07) is 8.95. The second-order valence-electron chi connectivity index (χ2n) is 8.03. The molecule has 0 aromatic heterocycles. The van der Waals surface area contributed by atoms with Crippen molar-refractivity contribution in [3.63, 3.8) is 0 Å². The van der Waals surface area contributed by atoms with Crippen LogP contribution in [0.25, 0.3) is 0 Å². The number of hydrogen-bond acceptors (Lipinski definition) is 4. The summed E-state index contributed by atoms with van der Waals surface area (Å²) >= 11 is 1.82. The van der Waals surface area contributed by atoms with Gasteiger partial charge in [-0.15, -0.1) is 11.8 Å². The van der Waals surface area contributed by atoms with E-state index < -0.39 is 5.54 Å². The highest BCUT2D eigenvalue weighted by Gasteiger charge is 2.41. The number of piperidine rings is 1. The molecular weight excluding hydrogens is 356 g/mol. The van der Waals surface area contributed by atoms with Gasteiger partial charge in [0.1, 0.15) is 0 Å². The number of rotatable bonds is 3. The van der Waals surface area contributed by atoms with Gasteiger partial charge >= 0.3 is 0 Å². The lowest BCUT2D eigenvalue weighted by Gasteiger charge is -2.39. The minimum Gasteiger partial charge on any atom is -0.372 e. The Morgan fingerprint density at radius 1 is 1.26 bits per heavy atom. The number of hydrogen-bond donors (Lipinski definition) is 2. The van der Waals surface area contributed by atoms with E-state index in [1.807, 2.05) is 18.7 Å². The van der Waals surface area contributed by atoms with Gasteiger partial charge in [-0.2, -0.15) is 0 Å². The lowest BCUT2D eigenvalue weighted by atomic mass is 9.91. The summed E-state index contributed by atoms with van der Waals surface area (Å²) in [7, 11) is 1.66. The summed E-state index contributed by atoms with van der Waals surface area (Å²) in [5, 5.41) is 11.3. The summed E-state index contributed by atoms with van der Waals surface area (Å²) in [6.45, 7) is 4.35. The van der Waals surface area contributed by atoms with Gasteiger partial charge in [-0.1, -0.05) is 18.2 Å². The molecule has 0 spiro atoms. The Balaban J connectivity index is 1.54. The van der Waals surface area contributed by atoms with E-state index in [-0.39, 0.29) is 11.9 Å². The van der Waals surface area contributed by atoms with E-state index in [2.05, 4.69) is 40.6 Å². The largest absolute Gasteiger partial charge is 0.372 e. The van der Waals surface area contributed by atoms with E-state index in [0.717, 1.165) is 18.8 Å². The van der Waals surface area contributed by atoms with Crippen LogP contribution in [0.2, 0.25) is 0 Å². The minimum absolute atomic E-state index is 0.00158. The van der Waals surface area contributed by atoms with Crippen LogP contribution in [0.1, 0.15) is 44.1 Å². The fourth-order valence-corrected chi connectivity index (χ4v) is 5.53. The third-order valence-corrected chi connectivity index (χ3v) is 7.37. The normalized spacial score (nSPS) is 29.0. The van der Waals surface area contributed by atoms with Crippen LogP contribution in [0.4, 0.5) is 5.69 Å². The Morgan fingerprint density at radius 3 is 2.78 bits per heavy atom. The summed E-state index contributed by atoms with van der Waals surface area (Å²) in [4.78, 5) is 17.3. The number of guanidine groups is 1. The van der Waals surface area contributed by atoms with E-state index in [1.54, 1.807) is 7.05 Å². The zero-order valence-electron chi connectivity index (χ0n) is 16.1. The highest BCUT2D eigenvalue weighted by atomic mass is 32.2. The quantitative estimate of drug-likeness (QED) is 0.837. The van der Waals surface area contributed by atoms with Crippen molar-refractivity contribution in [2.45, 2.75) is 44.1 Å². The average Bonchev–Trinajstić information content (AvgIpc) is 3.18. The molecule has 1 unspecified atom stereocenters. The fourth-order valence-electron chi connectivity index (χ4n) is 4.18. The van der Waals surface area contributed by atoms with Crippen molar-refractivity contribution in [3.8, 4) is 0 Å². The SMILES string of the molecule is CN1C(=N)N[C@](C)(C2=CC(c3cccc(N4CCCCC4)c3)CS2)CC1=O. The molecule has 0 radical (unpaired) electrons. The maximum atomic E-state index is 12.3. The molecule has 2 atom stereocenters. The Kier molecular flexibility index (Phi) is 4.93. The molecule has 144 valence electrons. The van der Waals surface area contributed by atoms with Crippen LogP contribution >= 0.6 is 11.8 Å². The van der Waals surface area contributed by atoms with Crippen molar-refractivity contribution in [2.24, 2.45) is 0 Å². The van der Waals surface area contributed by atoms with Crippen molar-refractivity contribution in [2.75, 3.05) is 30.8 Å². The third kappa shape index (κ3) is 3.59. The predicted molar refractivity (Wildman–Crippen MR) is 112 cm³/mol. The smallest absolute Gasteiger partial charge is 0.231 e. The lowest BCUT2D eigenvalue weighted by Crippen LogP contribution is -2.60. The highest BCUT2D eigenvalue weighted by Crippen LogP contribution is 2.43. The van der Waals surface area contributed by atoms with Gasteiger partial charge < -0.3 is 10.2 Å². The van der Waals surface area contributed by atoms with Gasteiger partial charge in [0.05, 0.1) is 12.0 Å². The molecule has 4 rings (SSSR count). The third-order valence-electron chi connectivity index (χ3n) is 5.94. The summed E-state index contributed by atoms with van der Waals surface area (Å²) < 4.78 is 0. The molecule has 0 saturated carbocycles. The van der Waals surface area contributed by atoms with Gasteiger partial charge in [-0.25, -0.2) is 0 Å². The topological polar surface area (TPSA) is 59.4 Å². The van der Waals surface area contributed by atoms with E-state index in [0.29, 0.717) is 12.3 Å². The monoisotopic (exact) mass is 384 g/mol. The van der Waals surface area contributed by atoms with Crippen molar-refractivity contribution in [1.82, 2.24) is 10.2 Å². The predicted octanol–water partition coefficient (Wildman–Crippen LogP) is 3.54. The first-order valence-corrected chi connectivity index (χ1v) is 10.8. The number of anilines is 1. The second kappa shape index (κ2) is 7.23. The molecule has 2 saturated heterocycles. The average molecular weight is 385 g/mol. The number of carbonyl (C=O) groups excluding carboxylic acids is 1. The number of amides is 1. The van der Waals surface area contributed by atoms with Crippen LogP contribution in [0, 0.1) is 5.41 Å². The molecule has 2 N–H and O–H groups in total. The molecule has 0 aliphatic carbocycles. The molecule has 3 aliphatic heterocycles. The number of allylic oxidation sites excluding steroid dienone is 1. The molecule has 1 aromatic carbocycles. The van der Waals surface area contributed by atoms with E-state index in [9.17, 15) is 4.79 Å². The zero-order valence-corrected chi connectivity index (χ0v) is 16.9. The Bertz CT molecular complexity index is 766. The molecule has 0 bridgehead atoms. The van der Waals surface area contributed by atoms with Crippen molar-refractivity contribution < 1.29 is 4.79 Å². The standard InChI is InChI=1S/C21H28N4OS/c1-21(13-19(26)24(2)20(22)23-21)18-12-16(14-27-18)15-7-6-8-17(11-15)25-9-4-3-5-10-25/h6-8,11-12,16H,3-5,9-10,13-14H2,1-2H3,(H2,22,23)/t16?,21-/m0/s1. The minimum atomic E-state index is -0.468. The highest BCUT2D eigenvalue weighted by molar-refractivity contribution is 8.03. The maximum absolute atomic E-state index is 12.3. The van der Waals surface area contributed by atoms with Crippen molar-refractivity contribution >= 4 is 29.3 Å². The first-order chi connectivity index (χ1) is 13.0. The maximum Gasteiger partial charge on any atom is 0.231 e. The first kappa shape index (κ1) is 18.4. The van der Waals surface area contributed by atoms with Crippen molar-refractivity contribution in [3.05, 3.63) is 40.8 Å². The van der Waals surface area contributed by atoms with Crippen LogP contribution in [0.5, 0.6) is 0 Å². The number of benzene rings is 1. The molecule has 27 heavy (non-hydrogen) atoms. The van der Waals surface area contributed by atoms with Crippen LogP contribution in [-0.2, 0) is 4.79 Å². The van der Waals surface area contributed by atoms with Gasteiger partial charge in [-0.05, 0) is 43.9 Å². The molecule has 6 heteroatoms. The molecule has 3 heterocycles. The first-order valence-electron chi connectivity index (χ1n) is 9.79. The van der Waals surface area contributed by atoms with Crippen LogP contribution in [-0.4, -0.2) is 48.2 Å². The van der Waals surface area contributed by atoms with Gasteiger partial charge in [0.2, 0.25) is 5.91 Å². The Hall–Kier alpha value is -1.95. The molecule has 1 amide bonds. The summed E-state index contributed by atoms with van der Waals surface area (Å²) in [5.74, 6) is 1.54. The molecular formula is C21H28N4OS. The number of nitrogens with zero attached hydrogens (tertiary/aromatic N) is 2. The molecule has 5 nitrogen and oxygen atoms in total. The molecule has 2 fully saturated rings. The number of thioether (sulfide) groups is 1. The second-order valence-corrected chi connectivity index (χ2v) is 9.09. The number of nitrogens with one attached hydrogen (secondary N) is 2. The number of carbonyl (C=O) groups is 1. The summed E-state index contributed by atoms with van der Waals surface area (Å²) in [5.41, 5.74) is 2.21. The van der Waals surface area contributed by atoms with Gasteiger partial charge in [0, 0.05) is 42.4 Å². The summed E-state index contributed by atoms with van der Waals surface area (Å²) in [6.07, 6.45) is 6.61. The van der Waals surface area contributed by atoms with Crippen LogP contribution in [0.15, 0.2) is 35.2 Å². The van der Waals surface area contributed by atoms with Gasteiger partial charge in [0.15, 0.2) is 5.96 Å². The van der Waals surface area contributed by atoms with Gasteiger partial charge in [0.25, 0.3) is 0 Å². The van der Waals surface area contributed by atoms with Crippen LogP contribution < -0.4 is 10.2 Å². The lowest BCUT2D eigenvalue weighted by molar-refractivity contribution is -0.128. The van der Waals surface area contributed by atoms with Crippen LogP contribution in [0.3, 0.4) is 0 Å². The van der Waals surface area contributed by atoms with E-state index >= 15 is 0 Å². The Morgan fingerprint density at radius 2 is 2.04 bits per heavy atom. The molecule has 3 aliphatic rings. The van der Waals surface area contributed by atoms with E-state index in [4.69, 9.17) is 5.41 Å². The molecule has 1 aromatic rings. The van der Waals surface area contributed by atoms with Gasteiger partial charge in [-0.3, -0.25) is 15.1 Å². The Labute approximate surface area is 165 Å². The fraction of sp³-hybridized carbons (Fsp3) is 0.524. The zero-order chi connectivity index (χ0) is 19.0.